The van der Waals surface area contributed by atoms with E-state index in [2.05, 4.69) is 20.6 Å². The van der Waals surface area contributed by atoms with Crippen LogP contribution in [0.25, 0.3) is 0 Å². The van der Waals surface area contributed by atoms with E-state index in [9.17, 15) is 0 Å². The topological polar surface area (TPSA) is 49.8 Å². The summed E-state index contributed by atoms with van der Waals surface area (Å²) in [5.41, 5.74) is 2.05. The summed E-state index contributed by atoms with van der Waals surface area (Å²) >= 11 is 5.95. The summed E-state index contributed by atoms with van der Waals surface area (Å²) < 4.78 is 0. The molecule has 2 N–H and O–H groups in total. The zero-order valence-corrected chi connectivity index (χ0v) is 11.8. The maximum atomic E-state index is 5.95. The Bertz CT molecular complexity index is 557. The van der Waals surface area contributed by atoms with Crippen molar-refractivity contribution >= 4 is 23.4 Å². The third-order valence-corrected chi connectivity index (χ3v) is 2.79. The van der Waals surface area contributed by atoms with Crippen molar-refractivity contribution in [2.75, 3.05) is 17.2 Å². The van der Waals surface area contributed by atoms with E-state index < -0.39 is 0 Å². The van der Waals surface area contributed by atoms with E-state index in [1.165, 1.54) is 0 Å². The highest BCUT2D eigenvalue weighted by molar-refractivity contribution is 6.30. The van der Waals surface area contributed by atoms with Crippen molar-refractivity contribution < 1.29 is 0 Å². The largest absolute Gasteiger partial charge is 0.366 e. The second-order valence-electron chi connectivity index (χ2n) is 4.23. The second kappa shape index (κ2) is 6.38. The van der Waals surface area contributed by atoms with Crippen molar-refractivity contribution in [1.82, 2.24) is 9.97 Å². The van der Waals surface area contributed by atoms with Gasteiger partial charge in [0.2, 0.25) is 5.95 Å². The van der Waals surface area contributed by atoms with E-state index >= 15 is 0 Å². The molecule has 0 bridgehead atoms. The van der Waals surface area contributed by atoms with Crippen LogP contribution in [-0.4, -0.2) is 16.5 Å². The van der Waals surface area contributed by atoms with Crippen LogP contribution < -0.4 is 10.6 Å². The van der Waals surface area contributed by atoms with Crippen molar-refractivity contribution in [3.05, 3.63) is 46.6 Å². The lowest BCUT2D eigenvalue weighted by molar-refractivity contribution is 1.03. The monoisotopic (exact) mass is 276 g/mol. The number of aromatic nitrogens is 2. The predicted molar refractivity (Wildman–Crippen MR) is 79.7 cm³/mol. The molecule has 0 amide bonds. The van der Waals surface area contributed by atoms with Crippen molar-refractivity contribution in [3.8, 4) is 0 Å². The standard InChI is InChI=1S/C14H17ClN4/c1-3-16-14-18-10(2)7-13(19-14)17-9-11-5-4-6-12(15)8-11/h4-8H,3,9H2,1-2H3,(H2,16,17,18,19). The first-order valence-corrected chi connectivity index (χ1v) is 6.63. The summed E-state index contributed by atoms with van der Waals surface area (Å²) in [6.07, 6.45) is 0. The normalized spacial score (nSPS) is 10.3. The third-order valence-electron chi connectivity index (χ3n) is 2.55. The zero-order chi connectivity index (χ0) is 13.7. The molecule has 100 valence electrons. The molecular formula is C14H17ClN4. The zero-order valence-electron chi connectivity index (χ0n) is 11.1. The number of anilines is 2. The molecule has 0 aliphatic heterocycles. The first-order valence-electron chi connectivity index (χ1n) is 6.25. The maximum absolute atomic E-state index is 5.95. The van der Waals surface area contributed by atoms with Gasteiger partial charge in [0.25, 0.3) is 0 Å². The molecule has 1 aromatic heterocycles. The molecule has 0 saturated heterocycles. The molecule has 0 aliphatic carbocycles. The van der Waals surface area contributed by atoms with Crippen LogP contribution in [0.3, 0.4) is 0 Å². The quantitative estimate of drug-likeness (QED) is 0.878. The Morgan fingerprint density at radius 2 is 2.00 bits per heavy atom. The number of benzene rings is 1. The minimum Gasteiger partial charge on any atom is -0.366 e. The molecular weight excluding hydrogens is 260 g/mol. The van der Waals surface area contributed by atoms with E-state index in [0.717, 1.165) is 28.6 Å². The Balaban J connectivity index is 2.06. The molecule has 0 atom stereocenters. The van der Waals surface area contributed by atoms with Crippen LogP contribution in [0.4, 0.5) is 11.8 Å². The fourth-order valence-electron chi connectivity index (χ4n) is 1.74. The van der Waals surface area contributed by atoms with E-state index in [0.29, 0.717) is 12.5 Å². The fraction of sp³-hybridized carbons (Fsp3) is 0.286. The highest BCUT2D eigenvalue weighted by atomic mass is 35.5. The van der Waals surface area contributed by atoms with Crippen molar-refractivity contribution in [2.45, 2.75) is 20.4 Å². The Hall–Kier alpha value is -1.81. The summed E-state index contributed by atoms with van der Waals surface area (Å²) in [5, 5.41) is 7.13. The summed E-state index contributed by atoms with van der Waals surface area (Å²) in [4.78, 5) is 8.70. The predicted octanol–water partition coefficient (Wildman–Crippen LogP) is 3.48. The van der Waals surface area contributed by atoms with Crippen LogP contribution in [0, 0.1) is 6.92 Å². The Morgan fingerprint density at radius 1 is 1.16 bits per heavy atom. The molecule has 0 aliphatic rings. The SMILES string of the molecule is CCNc1nc(C)cc(NCc2cccc(Cl)c2)n1. The van der Waals surface area contributed by atoms with Gasteiger partial charge < -0.3 is 10.6 Å². The molecule has 0 unspecified atom stereocenters. The number of hydrogen-bond acceptors (Lipinski definition) is 4. The van der Waals surface area contributed by atoms with Crippen LogP contribution in [0.15, 0.2) is 30.3 Å². The molecule has 4 nitrogen and oxygen atoms in total. The molecule has 0 radical (unpaired) electrons. The smallest absolute Gasteiger partial charge is 0.224 e. The Labute approximate surface area is 118 Å². The van der Waals surface area contributed by atoms with E-state index in [1.54, 1.807) is 0 Å². The highest BCUT2D eigenvalue weighted by Crippen LogP contribution is 2.14. The molecule has 0 fully saturated rings. The molecule has 5 heteroatoms. The van der Waals surface area contributed by atoms with Gasteiger partial charge in [0.1, 0.15) is 5.82 Å². The van der Waals surface area contributed by atoms with Gasteiger partial charge in [-0.3, -0.25) is 0 Å². The van der Waals surface area contributed by atoms with Gasteiger partial charge in [0, 0.05) is 29.9 Å². The molecule has 1 aromatic carbocycles. The summed E-state index contributed by atoms with van der Waals surface area (Å²) in [5.74, 6) is 1.46. The van der Waals surface area contributed by atoms with Crippen LogP contribution in [0.5, 0.6) is 0 Å². The van der Waals surface area contributed by atoms with Gasteiger partial charge >= 0.3 is 0 Å². The minimum atomic E-state index is 0.649. The van der Waals surface area contributed by atoms with Crippen LogP contribution >= 0.6 is 11.6 Å². The van der Waals surface area contributed by atoms with Gasteiger partial charge in [0.05, 0.1) is 0 Å². The number of hydrogen-bond donors (Lipinski definition) is 2. The minimum absolute atomic E-state index is 0.649. The van der Waals surface area contributed by atoms with Crippen LogP contribution in [0.2, 0.25) is 5.02 Å². The molecule has 0 spiro atoms. The van der Waals surface area contributed by atoms with Gasteiger partial charge in [-0.15, -0.1) is 0 Å². The average molecular weight is 277 g/mol. The maximum Gasteiger partial charge on any atom is 0.224 e. The molecule has 1 heterocycles. The first kappa shape index (κ1) is 13.6. The van der Waals surface area contributed by atoms with Gasteiger partial charge in [-0.2, -0.15) is 4.98 Å². The Kier molecular flexibility index (Phi) is 4.58. The summed E-state index contributed by atoms with van der Waals surface area (Å²) in [7, 11) is 0. The summed E-state index contributed by atoms with van der Waals surface area (Å²) in [6, 6.07) is 9.69. The second-order valence-corrected chi connectivity index (χ2v) is 4.67. The highest BCUT2D eigenvalue weighted by Gasteiger charge is 2.01. The van der Waals surface area contributed by atoms with Gasteiger partial charge in [-0.25, -0.2) is 4.98 Å². The van der Waals surface area contributed by atoms with Crippen molar-refractivity contribution in [3.63, 3.8) is 0 Å². The lowest BCUT2D eigenvalue weighted by Crippen LogP contribution is -2.07. The van der Waals surface area contributed by atoms with Gasteiger partial charge in [0.15, 0.2) is 0 Å². The van der Waals surface area contributed by atoms with Crippen molar-refractivity contribution in [1.29, 1.82) is 0 Å². The number of halogens is 1. The van der Waals surface area contributed by atoms with E-state index in [-0.39, 0.29) is 0 Å². The molecule has 2 rings (SSSR count). The number of rotatable bonds is 5. The summed E-state index contributed by atoms with van der Waals surface area (Å²) in [6.45, 7) is 5.46. The first-order chi connectivity index (χ1) is 9.17. The van der Waals surface area contributed by atoms with Crippen LogP contribution in [-0.2, 0) is 6.54 Å². The molecule has 2 aromatic rings. The van der Waals surface area contributed by atoms with Crippen molar-refractivity contribution in [2.24, 2.45) is 0 Å². The number of nitrogens with one attached hydrogen (secondary N) is 2. The van der Waals surface area contributed by atoms with E-state index in [4.69, 9.17) is 11.6 Å². The number of nitrogens with zero attached hydrogens (tertiary/aromatic N) is 2. The molecule has 19 heavy (non-hydrogen) atoms. The molecule has 0 saturated carbocycles. The van der Waals surface area contributed by atoms with E-state index in [1.807, 2.05) is 44.2 Å². The fourth-order valence-corrected chi connectivity index (χ4v) is 1.95. The van der Waals surface area contributed by atoms with Crippen LogP contribution in [0.1, 0.15) is 18.2 Å². The lowest BCUT2D eigenvalue weighted by atomic mass is 10.2. The average Bonchev–Trinajstić information content (AvgIpc) is 2.36. The number of aryl methyl sites for hydroxylation is 1. The lowest BCUT2D eigenvalue weighted by Gasteiger charge is -2.09. The third kappa shape index (κ3) is 4.10. The Morgan fingerprint density at radius 3 is 2.74 bits per heavy atom. The van der Waals surface area contributed by atoms with Gasteiger partial charge in [-0.1, -0.05) is 23.7 Å². The van der Waals surface area contributed by atoms with Gasteiger partial charge in [-0.05, 0) is 31.5 Å².